The summed E-state index contributed by atoms with van der Waals surface area (Å²) in [6.07, 6.45) is 0. The van der Waals surface area contributed by atoms with Gasteiger partial charge in [0.1, 0.15) is 12.4 Å². The zero-order valence-corrected chi connectivity index (χ0v) is 14.6. The number of urea groups is 1. The van der Waals surface area contributed by atoms with Crippen LogP contribution in [0.5, 0.6) is 5.75 Å². The van der Waals surface area contributed by atoms with Gasteiger partial charge in [-0.15, -0.1) is 0 Å². The van der Waals surface area contributed by atoms with Gasteiger partial charge in [0, 0.05) is 13.1 Å². The van der Waals surface area contributed by atoms with Crippen molar-refractivity contribution in [3.63, 3.8) is 0 Å². The Bertz CT molecular complexity index is 638. The lowest BCUT2D eigenvalue weighted by Crippen LogP contribution is -2.51. The van der Waals surface area contributed by atoms with Gasteiger partial charge in [0.15, 0.2) is 9.84 Å². The number of nitrogens with zero attached hydrogens (tertiary/aromatic N) is 1. The van der Waals surface area contributed by atoms with Crippen molar-refractivity contribution in [1.29, 1.82) is 0 Å². The van der Waals surface area contributed by atoms with Crippen molar-refractivity contribution in [2.45, 2.75) is 26.8 Å². The first kappa shape index (κ1) is 17.6. The number of hydrogen-bond acceptors (Lipinski definition) is 4. The first-order valence-corrected chi connectivity index (χ1v) is 9.55. The highest BCUT2D eigenvalue weighted by Crippen LogP contribution is 2.22. The van der Waals surface area contributed by atoms with E-state index in [1.165, 1.54) is 4.90 Å². The number of carbonyl (C=O) groups excluding carboxylic acids is 1. The molecular weight excluding hydrogens is 316 g/mol. The molecule has 2 amide bonds. The van der Waals surface area contributed by atoms with Crippen LogP contribution in [0.25, 0.3) is 0 Å². The Balaban J connectivity index is 1.83. The Morgan fingerprint density at radius 2 is 1.83 bits per heavy atom. The SMILES string of the molecule is Cc1cccc(C)c1OC[C@H](C)NC(=O)N1CCS(=O)(=O)CC1. The molecule has 0 unspecified atom stereocenters. The standard InChI is InChI=1S/C16H24N2O4S/c1-12-5-4-6-13(2)15(12)22-11-14(3)17-16(19)18-7-9-23(20,21)10-8-18/h4-6,14H,7-11H2,1-3H3,(H,17,19)/t14-/m0/s1. The highest BCUT2D eigenvalue weighted by Gasteiger charge is 2.25. The number of rotatable bonds is 4. The predicted molar refractivity (Wildman–Crippen MR) is 89.6 cm³/mol. The maximum atomic E-state index is 12.1. The maximum Gasteiger partial charge on any atom is 0.317 e. The molecule has 1 aliphatic rings. The van der Waals surface area contributed by atoms with Gasteiger partial charge in [-0.25, -0.2) is 13.2 Å². The lowest BCUT2D eigenvalue weighted by molar-refractivity contribution is 0.191. The average molecular weight is 340 g/mol. The molecule has 1 N–H and O–H groups in total. The van der Waals surface area contributed by atoms with Crippen LogP contribution in [0.15, 0.2) is 18.2 Å². The Labute approximate surface area is 137 Å². The molecule has 1 atom stereocenters. The normalized spacial score (nSPS) is 18.3. The van der Waals surface area contributed by atoms with E-state index in [9.17, 15) is 13.2 Å². The zero-order chi connectivity index (χ0) is 17.0. The van der Waals surface area contributed by atoms with Crippen LogP contribution >= 0.6 is 0 Å². The molecule has 7 heteroatoms. The van der Waals surface area contributed by atoms with E-state index in [2.05, 4.69) is 5.32 Å². The first-order valence-electron chi connectivity index (χ1n) is 7.73. The number of para-hydroxylation sites is 1. The van der Waals surface area contributed by atoms with Crippen molar-refractivity contribution in [2.75, 3.05) is 31.2 Å². The lowest BCUT2D eigenvalue weighted by atomic mass is 10.1. The van der Waals surface area contributed by atoms with Crippen molar-refractivity contribution >= 4 is 15.9 Å². The third-order valence-electron chi connectivity index (χ3n) is 3.89. The minimum absolute atomic E-state index is 0.0354. The van der Waals surface area contributed by atoms with E-state index < -0.39 is 9.84 Å². The van der Waals surface area contributed by atoms with Gasteiger partial charge in [0.05, 0.1) is 17.5 Å². The molecule has 0 aliphatic carbocycles. The molecule has 1 fully saturated rings. The molecule has 23 heavy (non-hydrogen) atoms. The molecule has 1 aromatic carbocycles. The van der Waals surface area contributed by atoms with Crippen molar-refractivity contribution in [1.82, 2.24) is 10.2 Å². The summed E-state index contributed by atoms with van der Waals surface area (Å²) in [5.41, 5.74) is 2.12. The molecule has 0 saturated carbocycles. The minimum atomic E-state index is -2.98. The van der Waals surface area contributed by atoms with Crippen LogP contribution in [0.2, 0.25) is 0 Å². The summed E-state index contributed by atoms with van der Waals surface area (Å²) in [7, 11) is -2.98. The van der Waals surface area contributed by atoms with Crippen molar-refractivity contribution in [3.05, 3.63) is 29.3 Å². The smallest absolute Gasteiger partial charge is 0.317 e. The van der Waals surface area contributed by atoms with Gasteiger partial charge in [-0.05, 0) is 31.9 Å². The van der Waals surface area contributed by atoms with Gasteiger partial charge in [-0.2, -0.15) is 0 Å². The van der Waals surface area contributed by atoms with Crippen LogP contribution in [0.3, 0.4) is 0 Å². The Morgan fingerprint density at radius 3 is 2.39 bits per heavy atom. The van der Waals surface area contributed by atoms with Gasteiger partial charge in [0.25, 0.3) is 0 Å². The third-order valence-corrected chi connectivity index (χ3v) is 5.50. The molecule has 1 saturated heterocycles. The number of aryl methyl sites for hydroxylation is 2. The van der Waals surface area contributed by atoms with Crippen molar-refractivity contribution in [2.24, 2.45) is 0 Å². The molecule has 0 spiro atoms. The fraction of sp³-hybridized carbons (Fsp3) is 0.562. The predicted octanol–water partition coefficient (Wildman–Crippen LogP) is 1.51. The molecular formula is C16H24N2O4S. The van der Waals surface area contributed by atoms with E-state index >= 15 is 0 Å². The number of benzene rings is 1. The molecule has 1 heterocycles. The van der Waals surface area contributed by atoms with Gasteiger partial charge in [0.2, 0.25) is 0 Å². The fourth-order valence-electron chi connectivity index (χ4n) is 2.49. The first-order chi connectivity index (χ1) is 10.8. The van der Waals surface area contributed by atoms with Gasteiger partial charge in [-0.3, -0.25) is 0 Å². The number of amides is 2. The molecule has 0 bridgehead atoms. The second-order valence-corrected chi connectivity index (χ2v) is 8.32. The number of hydrogen-bond donors (Lipinski definition) is 1. The number of carbonyl (C=O) groups is 1. The Kier molecular flexibility index (Phi) is 5.51. The molecule has 1 aromatic rings. The Morgan fingerprint density at radius 1 is 1.26 bits per heavy atom. The maximum absolute atomic E-state index is 12.1. The van der Waals surface area contributed by atoms with Crippen LogP contribution < -0.4 is 10.1 Å². The van der Waals surface area contributed by atoms with Gasteiger partial charge >= 0.3 is 6.03 Å². The largest absolute Gasteiger partial charge is 0.491 e. The van der Waals surface area contributed by atoms with Crippen LogP contribution in [-0.2, 0) is 9.84 Å². The van der Waals surface area contributed by atoms with Crippen LogP contribution in [0, 0.1) is 13.8 Å². The average Bonchev–Trinajstić information content (AvgIpc) is 2.46. The van der Waals surface area contributed by atoms with Gasteiger partial charge in [-0.1, -0.05) is 18.2 Å². The fourth-order valence-corrected chi connectivity index (χ4v) is 3.70. The monoisotopic (exact) mass is 340 g/mol. The number of ether oxygens (including phenoxy) is 1. The summed E-state index contributed by atoms with van der Waals surface area (Å²) in [6.45, 7) is 6.70. The highest BCUT2D eigenvalue weighted by molar-refractivity contribution is 7.91. The summed E-state index contributed by atoms with van der Waals surface area (Å²) in [4.78, 5) is 13.7. The van der Waals surface area contributed by atoms with E-state index in [4.69, 9.17) is 4.74 Å². The quantitative estimate of drug-likeness (QED) is 0.901. The molecule has 2 rings (SSSR count). The topological polar surface area (TPSA) is 75.7 Å². The lowest BCUT2D eigenvalue weighted by Gasteiger charge is -2.28. The summed E-state index contributed by atoms with van der Waals surface area (Å²) in [5.74, 6) is 0.916. The molecule has 1 aliphatic heterocycles. The van der Waals surface area contributed by atoms with Crippen LogP contribution in [0.1, 0.15) is 18.1 Å². The van der Waals surface area contributed by atoms with Crippen molar-refractivity contribution in [3.8, 4) is 5.75 Å². The van der Waals surface area contributed by atoms with Crippen LogP contribution in [0.4, 0.5) is 4.79 Å². The van der Waals surface area contributed by atoms with E-state index in [0.717, 1.165) is 16.9 Å². The summed E-state index contributed by atoms with van der Waals surface area (Å²) < 4.78 is 28.6. The van der Waals surface area contributed by atoms with E-state index in [1.807, 2.05) is 39.0 Å². The van der Waals surface area contributed by atoms with Gasteiger partial charge < -0.3 is 15.0 Å². The molecule has 128 valence electrons. The highest BCUT2D eigenvalue weighted by atomic mass is 32.2. The summed E-state index contributed by atoms with van der Waals surface area (Å²) >= 11 is 0. The molecule has 0 radical (unpaired) electrons. The second kappa shape index (κ2) is 7.21. The molecule has 6 nitrogen and oxygen atoms in total. The number of nitrogens with one attached hydrogen (secondary N) is 1. The van der Waals surface area contributed by atoms with E-state index in [0.29, 0.717) is 6.61 Å². The van der Waals surface area contributed by atoms with Crippen molar-refractivity contribution < 1.29 is 17.9 Å². The molecule has 0 aromatic heterocycles. The second-order valence-electron chi connectivity index (χ2n) is 6.02. The minimum Gasteiger partial charge on any atom is -0.491 e. The number of sulfone groups is 1. The summed E-state index contributed by atoms with van der Waals surface area (Å²) in [5, 5.41) is 2.85. The third kappa shape index (κ3) is 4.86. The summed E-state index contributed by atoms with van der Waals surface area (Å²) in [6, 6.07) is 5.55. The zero-order valence-electron chi connectivity index (χ0n) is 13.8. The van der Waals surface area contributed by atoms with E-state index in [1.54, 1.807) is 0 Å². The van der Waals surface area contributed by atoms with Crippen LogP contribution in [-0.4, -0.2) is 56.6 Å². The Hall–Kier alpha value is -1.76. The van der Waals surface area contributed by atoms with E-state index in [-0.39, 0.29) is 36.7 Å².